The number of nitrogens with zero attached hydrogens (tertiary/aromatic N) is 1. The Bertz CT molecular complexity index is 203. The first kappa shape index (κ1) is 11.4. The molecule has 2 heterocycles. The van der Waals surface area contributed by atoms with Crippen molar-refractivity contribution in [3.8, 4) is 0 Å². The summed E-state index contributed by atoms with van der Waals surface area (Å²) in [5, 5.41) is 3.77. The number of rotatable bonds is 2. The quantitative estimate of drug-likeness (QED) is 0.751. The Morgan fingerprint density at radius 2 is 2.13 bits per heavy atom. The van der Waals surface area contributed by atoms with Crippen LogP contribution in [0, 0.1) is 11.8 Å². The smallest absolute Gasteiger partial charge is 0.0252 e. The van der Waals surface area contributed by atoms with Crippen molar-refractivity contribution in [2.75, 3.05) is 20.1 Å². The number of hydrogen-bond donors (Lipinski definition) is 1. The van der Waals surface area contributed by atoms with Gasteiger partial charge in [0.1, 0.15) is 0 Å². The zero-order valence-electron chi connectivity index (χ0n) is 10.5. The van der Waals surface area contributed by atoms with Crippen molar-refractivity contribution in [3.63, 3.8) is 0 Å². The van der Waals surface area contributed by atoms with Gasteiger partial charge in [0, 0.05) is 12.1 Å². The highest BCUT2D eigenvalue weighted by molar-refractivity contribution is 4.95. The molecule has 0 amide bonds. The molecule has 2 nitrogen and oxygen atoms in total. The first-order valence-electron chi connectivity index (χ1n) is 6.62. The van der Waals surface area contributed by atoms with Crippen molar-refractivity contribution in [1.29, 1.82) is 0 Å². The van der Waals surface area contributed by atoms with Crippen LogP contribution in [0.15, 0.2) is 0 Å². The highest BCUT2D eigenvalue weighted by Crippen LogP contribution is 2.31. The molecule has 2 aliphatic heterocycles. The van der Waals surface area contributed by atoms with Crippen molar-refractivity contribution in [2.24, 2.45) is 11.8 Å². The summed E-state index contributed by atoms with van der Waals surface area (Å²) in [5.74, 6) is 1.78. The first-order chi connectivity index (χ1) is 7.18. The second-order valence-corrected chi connectivity index (χ2v) is 5.85. The van der Waals surface area contributed by atoms with Gasteiger partial charge < -0.3 is 10.2 Å². The molecule has 0 saturated carbocycles. The fraction of sp³-hybridized carbons (Fsp3) is 1.00. The van der Waals surface area contributed by atoms with Crippen LogP contribution < -0.4 is 5.32 Å². The molecular weight excluding hydrogens is 184 g/mol. The van der Waals surface area contributed by atoms with Crippen molar-refractivity contribution in [3.05, 3.63) is 0 Å². The molecule has 2 heteroatoms. The molecule has 0 aromatic rings. The molecule has 2 saturated heterocycles. The van der Waals surface area contributed by atoms with Gasteiger partial charge in [0.2, 0.25) is 0 Å². The summed E-state index contributed by atoms with van der Waals surface area (Å²) in [6.45, 7) is 7.24. The predicted molar refractivity (Wildman–Crippen MR) is 65.0 cm³/mol. The topological polar surface area (TPSA) is 15.3 Å². The van der Waals surface area contributed by atoms with Crippen molar-refractivity contribution in [2.45, 2.75) is 51.6 Å². The van der Waals surface area contributed by atoms with E-state index in [0.717, 1.165) is 23.9 Å². The molecule has 0 aromatic heterocycles. The third kappa shape index (κ3) is 2.54. The van der Waals surface area contributed by atoms with E-state index in [4.69, 9.17) is 0 Å². The van der Waals surface area contributed by atoms with Crippen molar-refractivity contribution >= 4 is 0 Å². The molecule has 2 aliphatic rings. The van der Waals surface area contributed by atoms with E-state index in [1.165, 1.54) is 38.8 Å². The minimum absolute atomic E-state index is 0.778. The van der Waals surface area contributed by atoms with Gasteiger partial charge in [0.25, 0.3) is 0 Å². The number of nitrogens with one attached hydrogen (secondary N) is 1. The number of hydrogen-bond acceptors (Lipinski definition) is 2. The van der Waals surface area contributed by atoms with Gasteiger partial charge in [-0.1, -0.05) is 13.8 Å². The molecule has 0 radical (unpaired) electrons. The average molecular weight is 210 g/mol. The van der Waals surface area contributed by atoms with Crippen LogP contribution in [0.4, 0.5) is 0 Å². The molecule has 0 aliphatic carbocycles. The largest absolute Gasteiger partial charge is 0.312 e. The lowest BCUT2D eigenvalue weighted by atomic mass is 9.78. The first-order valence-corrected chi connectivity index (χ1v) is 6.62. The molecule has 2 rings (SSSR count). The number of likely N-dealkylation sites (N-methyl/N-ethyl adjacent to an activating group) is 1. The number of fused-ring (bicyclic) bond motifs is 1. The third-order valence-electron chi connectivity index (χ3n) is 4.19. The fourth-order valence-corrected chi connectivity index (χ4v) is 3.37. The summed E-state index contributed by atoms with van der Waals surface area (Å²) in [4.78, 5) is 2.58. The van der Waals surface area contributed by atoms with Gasteiger partial charge >= 0.3 is 0 Å². The van der Waals surface area contributed by atoms with Crippen LogP contribution in [-0.2, 0) is 0 Å². The monoisotopic (exact) mass is 210 g/mol. The Hall–Kier alpha value is -0.0800. The average Bonchev–Trinajstić information content (AvgIpc) is 2.22. The lowest BCUT2D eigenvalue weighted by Gasteiger charge is -2.47. The van der Waals surface area contributed by atoms with E-state index >= 15 is 0 Å². The van der Waals surface area contributed by atoms with Gasteiger partial charge in [0.05, 0.1) is 0 Å². The molecule has 0 spiro atoms. The Labute approximate surface area is 94.4 Å². The Balaban J connectivity index is 2.02. The van der Waals surface area contributed by atoms with E-state index in [-0.39, 0.29) is 0 Å². The van der Waals surface area contributed by atoms with E-state index in [1.807, 2.05) is 0 Å². The summed E-state index contributed by atoms with van der Waals surface area (Å²) >= 11 is 0. The molecule has 88 valence electrons. The van der Waals surface area contributed by atoms with Gasteiger partial charge in [-0.05, 0) is 57.7 Å². The third-order valence-corrected chi connectivity index (χ3v) is 4.19. The molecule has 1 N–H and O–H groups in total. The van der Waals surface area contributed by atoms with Gasteiger partial charge in [0.15, 0.2) is 0 Å². The highest BCUT2D eigenvalue weighted by atomic mass is 15.2. The molecular formula is C13H26N2. The van der Waals surface area contributed by atoms with Gasteiger partial charge in [-0.25, -0.2) is 0 Å². The van der Waals surface area contributed by atoms with Crippen LogP contribution in [-0.4, -0.2) is 37.1 Å². The van der Waals surface area contributed by atoms with Gasteiger partial charge in [-0.3, -0.25) is 0 Å². The Morgan fingerprint density at radius 1 is 1.33 bits per heavy atom. The Morgan fingerprint density at radius 3 is 2.87 bits per heavy atom. The maximum Gasteiger partial charge on any atom is 0.0252 e. The highest BCUT2D eigenvalue weighted by Gasteiger charge is 2.37. The van der Waals surface area contributed by atoms with Crippen LogP contribution in [0.5, 0.6) is 0 Å². The minimum Gasteiger partial charge on any atom is -0.312 e. The van der Waals surface area contributed by atoms with Crippen LogP contribution >= 0.6 is 0 Å². The number of likely N-dealkylation sites (tertiary alicyclic amines) is 1. The van der Waals surface area contributed by atoms with Gasteiger partial charge in [-0.15, -0.1) is 0 Å². The summed E-state index contributed by atoms with van der Waals surface area (Å²) in [6.07, 6.45) is 5.60. The molecule has 3 unspecified atom stereocenters. The summed E-state index contributed by atoms with van der Waals surface area (Å²) < 4.78 is 0. The lowest BCUT2D eigenvalue weighted by molar-refractivity contribution is 0.0613. The Kier molecular flexibility index (Phi) is 3.68. The maximum atomic E-state index is 3.77. The molecule has 3 atom stereocenters. The van der Waals surface area contributed by atoms with Crippen molar-refractivity contribution in [1.82, 2.24) is 10.2 Å². The summed E-state index contributed by atoms with van der Waals surface area (Å²) in [5.41, 5.74) is 0. The number of piperidine rings is 2. The summed E-state index contributed by atoms with van der Waals surface area (Å²) in [6, 6.07) is 1.56. The van der Waals surface area contributed by atoms with Crippen LogP contribution in [0.1, 0.15) is 39.5 Å². The van der Waals surface area contributed by atoms with Crippen molar-refractivity contribution < 1.29 is 0 Å². The van der Waals surface area contributed by atoms with E-state index in [1.54, 1.807) is 0 Å². The van der Waals surface area contributed by atoms with E-state index in [9.17, 15) is 0 Å². The van der Waals surface area contributed by atoms with E-state index < -0.39 is 0 Å². The molecule has 15 heavy (non-hydrogen) atoms. The molecule has 2 fully saturated rings. The normalized spacial score (nSPS) is 38.0. The fourth-order valence-electron chi connectivity index (χ4n) is 3.37. The zero-order valence-corrected chi connectivity index (χ0v) is 10.5. The van der Waals surface area contributed by atoms with Crippen LogP contribution in [0.25, 0.3) is 0 Å². The maximum absolute atomic E-state index is 3.77. The van der Waals surface area contributed by atoms with E-state index in [2.05, 4.69) is 31.1 Å². The van der Waals surface area contributed by atoms with Crippen LogP contribution in [0.2, 0.25) is 0 Å². The van der Waals surface area contributed by atoms with E-state index in [0.29, 0.717) is 0 Å². The molecule has 0 aromatic carbocycles. The molecule has 0 bridgehead atoms. The predicted octanol–water partition coefficient (Wildman–Crippen LogP) is 2.10. The van der Waals surface area contributed by atoms with Crippen LogP contribution in [0.3, 0.4) is 0 Å². The summed E-state index contributed by atoms with van der Waals surface area (Å²) in [7, 11) is 2.31. The lowest BCUT2D eigenvalue weighted by Crippen LogP contribution is -2.59. The minimum atomic E-state index is 0.778. The zero-order chi connectivity index (χ0) is 10.8. The standard InChI is InChI=1S/C13H26N2/c1-10(2)9-12-13-11(5-4-7-14-13)6-8-15(12)3/h10-14H,4-9H2,1-3H3. The van der Waals surface area contributed by atoms with Gasteiger partial charge in [-0.2, -0.15) is 0 Å². The second kappa shape index (κ2) is 4.84. The SMILES string of the molecule is CC(C)CC1C2NCCCC2CCN1C. The second-order valence-electron chi connectivity index (χ2n) is 5.85.